The minimum absolute atomic E-state index is 0.162. The van der Waals surface area contributed by atoms with Gasteiger partial charge in [0.1, 0.15) is 6.04 Å². The second-order valence-corrected chi connectivity index (χ2v) is 6.57. The Kier molecular flexibility index (Phi) is 4.61. The van der Waals surface area contributed by atoms with Crippen molar-refractivity contribution in [2.24, 2.45) is 7.05 Å². The fourth-order valence-corrected chi connectivity index (χ4v) is 3.34. The van der Waals surface area contributed by atoms with E-state index < -0.39 is 6.04 Å². The minimum atomic E-state index is -0.506. The number of hydrogen-bond donors (Lipinski definition) is 1. The van der Waals surface area contributed by atoms with Crippen molar-refractivity contribution in [1.29, 1.82) is 0 Å². The Hall–Kier alpha value is -2.63. The zero-order valence-corrected chi connectivity index (χ0v) is 15.0. The van der Waals surface area contributed by atoms with Crippen LogP contribution in [-0.2, 0) is 27.8 Å². The molecule has 1 aromatic carbocycles. The maximum absolute atomic E-state index is 12.2. The summed E-state index contributed by atoms with van der Waals surface area (Å²) < 4.78 is 6.74. The predicted molar refractivity (Wildman–Crippen MR) is 94.1 cm³/mol. The molecule has 0 saturated carbocycles. The highest BCUT2D eigenvalue weighted by atomic mass is 16.5. The molecule has 0 aliphatic carbocycles. The Labute approximate surface area is 147 Å². The molecule has 1 atom stereocenters. The Bertz CT molecular complexity index is 839. The number of benzene rings is 1. The fourth-order valence-electron chi connectivity index (χ4n) is 3.34. The van der Waals surface area contributed by atoms with Crippen molar-refractivity contribution in [2.75, 3.05) is 6.61 Å². The van der Waals surface area contributed by atoms with E-state index in [2.05, 4.69) is 17.3 Å². The Morgan fingerprint density at radius 2 is 2.12 bits per heavy atom. The molecule has 1 amide bonds. The zero-order chi connectivity index (χ0) is 18.1. The molecular formula is C19H23N3O3. The number of hydrogen-bond acceptors (Lipinski definition) is 4. The summed E-state index contributed by atoms with van der Waals surface area (Å²) in [6, 6.07) is 5.52. The maximum atomic E-state index is 12.2. The van der Waals surface area contributed by atoms with Crippen LogP contribution in [0.2, 0.25) is 0 Å². The summed E-state index contributed by atoms with van der Waals surface area (Å²) in [5, 5.41) is 7.21. The van der Waals surface area contributed by atoms with Crippen LogP contribution in [0.4, 0.5) is 0 Å². The van der Waals surface area contributed by atoms with E-state index in [9.17, 15) is 9.59 Å². The third-order valence-corrected chi connectivity index (χ3v) is 4.70. The Balaban J connectivity index is 1.76. The number of nitrogens with one attached hydrogen (secondary N) is 1. The molecular weight excluding hydrogens is 318 g/mol. The van der Waals surface area contributed by atoms with E-state index in [4.69, 9.17) is 4.74 Å². The van der Waals surface area contributed by atoms with E-state index in [1.165, 1.54) is 0 Å². The van der Waals surface area contributed by atoms with Gasteiger partial charge in [0.2, 0.25) is 5.91 Å². The number of esters is 1. The maximum Gasteiger partial charge on any atom is 0.328 e. The van der Waals surface area contributed by atoms with Gasteiger partial charge in [0.15, 0.2) is 0 Å². The summed E-state index contributed by atoms with van der Waals surface area (Å²) in [7, 11) is 1.94. The van der Waals surface area contributed by atoms with Gasteiger partial charge in [-0.25, -0.2) is 4.79 Å². The van der Waals surface area contributed by atoms with Gasteiger partial charge >= 0.3 is 5.97 Å². The van der Waals surface area contributed by atoms with Crippen molar-refractivity contribution in [2.45, 2.75) is 39.7 Å². The van der Waals surface area contributed by atoms with E-state index >= 15 is 0 Å². The molecule has 2 aromatic rings. The lowest BCUT2D eigenvalue weighted by molar-refractivity contribution is -0.141. The number of aryl methyl sites for hydroxylation is 3. The quantitative estimate of drug-likeness (QED) is 0.863. The van der Waals surface area contributed by atoms with E-state index in [0.29, 0.717) is 13.0 Å². The number of amides is 1. The third kappa shape index (κ3) is 3.43. The van der Waals surface area contributed by atoms with Gasteiger partial charge in [0.05, 0.1) is 18.7 Å². The number of cyclic esters (lactones) is 1. The topological polar surface area (TPSA) is 73.2 Å². The number of nitrogens with zero attached hydrogens (tertiary/aromatic N) is 2. The molecule has 1 aromatic heterocycles. The third-order valence-electron chi connectivity index (χ3n) is 4.70. The number of carbonyl (C=O) groups is 2. The highest BCUT2D eigenvalue weighted by Gasteiger charge is 2.27. The SMILES string of the molecule is Cc1cc(CC(=O)N[C@H]2CCOC2=O)ccc1-c1c(C)nn(C)c1C. The highest BCUT2D eigenvalue weighted by Crippen LogP contribution is 2.30. The minimum Gasteiger partial charge on any atom is -0.464 e. The molecule has 1 aliphatic heterocycles. The van der Waals surface area contributed by atoms with Crippen molar-refractivity contribution in [3.63, 3.8) is 0 Å². The van der Waals surface area contributed by atoms with E-state index in [0.717, 1.165) is 33.6 Å². The lowest BCUT2D eigenvalue weighted by atomic mass is 9.96. The molecule has 0 radical (unpaired) electrons. The standard InChI is InChI=1S/C19H23N3O3/c1-11-9-14(10-17(23)20-16-7-8-25-19(16)24)5-6-15(11)18-12(2)21-22(4)13(18)3/h5-6,9,16H,7-8,10H2,1-4H3,(H,20,23)/t16-/m0/s1. The number of aromatic nitrogens is 2. The molecule has 132 valence electrons. The van der Waals surface area contributed by atoms with Gasteiger partial charge in [0, 0.05) is 24.7 Å². The van der Waals surface area contributed by atoms with Gasteiger partial charge in [-0.05, 0) is 37.5 Å². The van der Waals surface area contributed by atoms with Crippen LogP contribution in [0, 0.1) is 20.8 Å². The molecule has 6 nitrogen and oxygen atoms in total. The monoisotopic (exact) mass is 341 g/mol. The largest absolute Gasteiger partial charge is 0.464 e. The van der Waals surface area contributed by atoms with Crippen LogP contribution in [0.3, 0.4) is 0 Å². The molecule has 1 aliphatic rings. The lowest BCUT2D eigenvalue weighted by Gasteiger charge is -2.11. The van der Waals surface area contributed by atoms with Crippen molar-refractivity contribution in [1.82, 2.24) is 15.1 Å². The van der Waals surface area contributed by atoms with Crippen LogP contribution < -0.4 is 5.32 Å². The van der Waals surface area contributed by atoms with E-state index in [1.54, 1.807) is 0 Å². The van der Waals surface area contributed by atoms with Crippen molar-refractivity contribution in [3.8, 4) is 11.1 Å². The Morgan fingerprint density at radius 1 is 1.36 bits per heavy atom. The van der Waals surface area contributed by atoms with Gasteiger partial charge in [-0.2, -0.15) is 5.10 Å². The first kappa shape index (κ1) is 17.2. The molecule has 25 heavy (non-hydrogen) atoms. The van der Waals surface area contributed by atoms with Crippen LogP contribution in [0.1, 0.15) is 28.9 Å². The first-order valence-corrected chi connectivity index (χ1v) is 8.43. The highest BCUT2D eigenvalue weighted by molar-refractivity contribution is 5.86. The van der Waals surface area contributed by atoms with Crippen LogP contribution in [0.5, 0.6) is 0 Å². The van der Waals surface area contributed by atoms with Crippen molar-refractivity contribution in [3.05, 3.63) is 40.7 Å². The van der Waals surface area contributed by atoms with Crippen molar-refractivity contribution >= 4 is 11.9 Å². The summed E-state index contributed by atoms with van der Waals surface area (Å²) >= 11 is 0. The van der Waals surface area contributed by atoms with Gasteiger partial charge in [-0.3, -0.25) is 9.48 Å². The summed E-state index contributed by atoms with van der Waals surface area (Å²) in [5.41, 5.74) is 6.41. The van der Waals surface area contributed by atoms with Gasteiger partial charge in [-0.15, -0.1) is 0 Å². The van der Waals surface area contributed by atoms with Crippen LogP contribution in [-0.4, -0.2) is 34.3 Å². The lowest BCUT2D eigenvalue weighted by Crippen LogP contribution is -2.38. The molecule has 0 unspecified atom stereocenters. The molecule has 1 saturated heterocycles. The Morgan fingerprint density at radius 3 is 2.68 bits per heavy atom. The van der Waals surface area contributed by atoms with Crippen LogP contribution in [0.25, 0.3) is 11.1 Å². The van der Waals surface area contributed by atoms with Gasteiger partial charge < -0.3 is 10.1 Å². The normalized spacial score (nSPS) is 16.8. The smallest absolute Gasteiger partial charge is 0.328 e. The molecule has 0 spiro atoms. The van der Waals surface area contributed by atoms with E-state index in [1.807, 2.05) is 43.8 Å². The average Bonchev–Trinajstić information content (AvgIpc) is 3.04. The second-order valence-electron chi connectivity index (χ2n) is 6.57. The average molecular weight is 341 g/mol. The number of ether oxygens (including phenoxy) is 1. The zero-order valence-electron chi connectivity index (χ0n) is 15.0. The number of carbonyl (C=O) groups excluding carboxylic acids is 2. The summed E-state index contributed by atoms with van der Waals surface area (Å²) in [4.78, 5) is 23.6. The molecule has 1 N–H and O–H groups in total. The first-order valence-electron chi connectivity index (χ1n) is 8.43. The van der Waals surface area contributed by atoms with Gasteiger partial charge in [0.25, 0.3) is 0 Å². The van der Waals surface area contributed by atoms with Crippen LogP contribution in [0.15, 0.2) is 18.2 Å². The van der Waals surface area contributed by atoms with Gasteiger partial charge in [-0.1, -0.05) is 18.2 Å². The first-order chi connectivity index (χ1) is 11.9. The summed E-state index contributed by atoms with van der Waals surface area (Å²) in [5.74, 6) is -0.507. The second kappa shape index (κ2) is 6.70. The van der Waals surface area contributed by atoms with E-state index in [-0.39, 0.29) is 18.3 Å². The molecule has 2 heterocycles. The molecule has 1 fully saturated rings. The molecule has 6 heteroatoms. The molecule has 0 bridgehead atoms. The van der Waals surface area contributed by atoms with Crippen LogP contribution >= 0.6 is 0 Å². The number of rotatable bonds is 4. The molecule has 3 rings (SSSR count). The summed E-state index contributed by atoms with van der Waals surface area (Å²) in [6.07, 6.45) is 0.790. The predicted octanol–water partition coefficient (Wildman–Crippen LogP) is 1.99. The summed E-state index contributed by atoms with van der Waals surface area (Å²) in [6.45, 7) is 6.47. The fraction of sp³-hybridized carbons (Fsp3) is 0.421. The van der Waals surface area contributed by atoms with Crippen molar-refractivity contribution < 1.29 is 14.3 Å².